The van der Waals surface area contributed by atoms with Gasteiger partial charge in [0.1, 0.15) is 5.82 Å². The Bertz CT molecular complexity index is 926. The van der Waals surface area contributed by atoms with Crippen molar-refractivity contribution in [3.8, 4) is 11.5 Å². The van der Waals surface area contributed by atoms with Crippen LogP contribution in [0, 0.1) is 0 Å². The van der Waals surface area contributed by atoms with Crippen LogP contribution in [0.5, 0.6) is 11.5 Å². The van der Waals surface area contributed by atoms with E-state index in [9.17, 15) is 9.59 Å². The van der Waals surface area contributed by atoms with Crippen molar-refractivity contribution in [1.82, 2.24) is 9.97 Å². The van der Waals surface area contributed by atoms with Gasteiger partial charge >= 0.3 is 0 Å². The Hall–Kier alpha value is -2.74. The molecule has 1 aromatic carbocycles. The van der Waals surface area contributed by atoms with Gasteiger partial charge < -0.3 is 19.8 Å². The number of hydrogen-bond donors (Lipinski definition) is 2. The van der Waals surface area contributed by atoms with Gasteiger partial charge in [0, 0.05) is 23.7 Å². The number of amides is 1. The van der Waals surface area contributed by atoms with Crippen LogP contribution in [0.25, 0.3) is 0 Å². The van der Waals surface area contributed by atoms with Crippen LogP contribution in [0.4, 0.5) is 5.82 Å². The Kier molecular flexibility index (Phi) is 5.85. The summed E-state index contributed by atoms with van der Waals surface area (Å²) in [6, 6.07) is 5.45. The molecule has 0 unspecified atom stereocenters. The number of aromatic amines is 1. The third-order valence-electron chi connectivity index (χ3n) is 4.16. The fourth-order valence-electron chi connectivity index (χ4n) is 3.09. The van der Waals surface area contributed by atoms with Gasteiger partial charge in [0.05, 0.1) is 19.3 Å². The maximum atomic E-state index is 12.8. The molecule has 27 heavy (non-hydrogen) atoms. The molecule has 1 aliphatic rings. The van der Waals surface area contributed by atoms with Crippen molar-refractivity contribution in [3.05, 3.63) is 52.3 Å². The Morgan fingerprint density at radius 3 is 2.93 bits per heavy atom. The van der Waals surface area contributed by atoms with E-state index in [1.165, 1.54) is 11.8 Å². The van der Waals surface area contributed by atoms with Gasteiger partial charge in [-0.3, -0.25) is 9.59 Å². The van der Waals surface area contributed by atoms with Crippen LogP contribution < -0.4 is 20.3 Å². The fourth-order valence-corrected chi connectivity index (χ4v) is 3.69. The lowest BCUT2D eigenvalue weighted by Crippen LogP contribution is -2.31. The van der Waals surface area contributed by atoms with Crippen LogP contribution in [-0.4, -0.2) is 35.3 Å². The molecule has 0 bridgehead atoms. The van der Waals surface area contributed by atoms with Crippen LogP contribution in [0.1, 0.15) is 30.4 Å². The second-order valence-electron chi connectivity index (χ2n) is 5.85. The number of ether oxygens (including phenoxy) is 2. The van der Waals surface area contributed by atoms with Crippen LogP contribution in [-0.2, 0) is 4.79 Å². The van der Waals surface area contributed by atoms with Crippen LogP contribution >= 0.6 is 11.8 Å². The summed E-state index contributed by atoms with van der Waals surface area (Å²) in [6.07, 6.45) is 1.85. The van der Waals surface area contributed by atoms with Gasteiger partial charge in [0.15, 0.2) is 16.7 Å². The van der Waals surface area contributed by atoms with E-state index < -0.39 is 5.92 Å². The summed E-state index contributed by atoms with van der Waals surface area (Å²) in [7, 11) is 1.56. The number of carbonyl (C=O) groups is 1. The minimum absolute atomic E-state index is 0.129. The van der Waals surface area contributed by atoms with E-state index in [2.05, 4.69) is 21.9 Å². The molecule has 2 N–H and O–H groups in total. The monoisotopic (exact) mass is 387 g/mol. The number of nitrogens with zero attached hydrogens (tertiary/aromatic N) is 1. The number of carbonyl (C=O) groups excluding carboxylic acids is 1. The minimum atomic E-state index is -0.472. The lowest BCUT2D eigenvalue weighted by Gasteiger charge is -2.26. The van der Waals surface area contributed by atoms with E-state index >= 15 is 0 Å². The van der Waals surface area contributed by atoms with E-state index in [0.29, 0.717) is 34.6 Å². The van der Waals surface area contributed by atoms with Crippen molar-refractivity contribution in [2.45, 2.75) is 24.4 Å². The highest BCUT2D eigenvalue weighted by molar-refractivity contribution is 7.99. The summed E-state index contributed by atoms with van der Waals surface area (Å²) in [4.78, 5) is 32.3. The van der Waals surface area contributed by atoms with Crippen molar-refractivity contribution >= 4 is 23.5 Å². The number of thioether (sulfide) groups is 1. The number of aromatic nitrogens is 2. The van der Waals surface area contributed by atoms with Crippen LogP contribution in [0.15, 0.2) is 40.8 Å². The number of benzene rings is 1. The molecule has 7 nitrogen and oxygen atoms in total. The molecule has 1 atom stereocenters. The third-order valence-corrected chi connectivity index (χ3v) is 5.03. The number of methoxy groups -OCH3 is 1. The molecule has 2 heterocycles. The largest absolute Gasteiger partial charge is 0.493 e. The third kappa shape index (κ3) is 3.85. The molecule has 3 rings (SSSR count). The maximum absolute atomic E-state index is 12.8. The number of rotatable bonds is 7. The molecule has 2 aromatic rings. The lowest BCUT2D eigenvalue weighted by atomic mass is 9.86. The molecule has 0 spiro atoms. The standard InChI is InChI=1S/C19H21N3O4S/c1-4-9-27-19-21-17-15(18(24)22-19)12(10-14(23)20-17)11-7-6-8-13(25-3)16(11)26-5-2/h4,6-8,12H,1,5,9-10H2,2-3H3,(H2,20,21,22,23,24)/t12-/m1/s1. The molecule has 0 saturated carbocycles. The van der Waals surface area contributed by atoms with Crippen molar-refractivity contribution < 1.29 is 14.3 Å². The molecule has 1 aliphatic heterocycles. The van der Waals surface area contributed by atoms with E-state index in [-0.39, 0.29) is 23.7 Å². The van der Waals surface area contributed by atoms with E-state index in [1.54, 1.807) is 19.3 Å². The number of fused-ring (bicyclic) bond motifs is 1. The second-order valence-corrected chi connectivity index (χ2v) is 6.86. The zero-order valence-corrected chi connectivity index (χ0v) is 16.0. The number of anilines is 1. The summed E-state index contributed by atoms with van der Waals surface area (Å²) >= 11 is 1.34. The number of para-hydroxylation sites is 1. The van der Waals surface area contributed by atoms with Gasteiger partial charge in [-0.25, -0.2) is 4.98 Å². The quantitative estimate of drug-likeness (QED) is 0.431. The van der Waals surface area contributed by atoms with E-state index in [1.807, 2.05) is 19.1 Å². The van der Waals surface area contributed by atoms with Crippen molar-refractivity contribution in [2.24, 2.45) is 0 Å². The first-order valence-electron chi connectivity index (χ1n) is 8.56. The van der Waals surface area contributed by atoms with E-state index in [4.69, 9.17) is 9.47 Å². The molecule has 1 aromatic heterocycles. The average Bonchev–Trinajstić information content (AvgIpc) is 2.65. The van der Waals surface area contributed by atoms with Gasteiger partial charge in [0.2, 0.25) is 5.91 Å². The van der Waals surface area contributed by atoms with Crippen LogP contribution in [0.2, 0.25) is 0 Å². The van der Waals surface area contributed by atoms with Crippen molar-refractivity contribution in [2.75, 3.05) is 24.8 Å². The van der Waals surface area contributed by atoms with Gasteiger partial charge in [-0.05, 0) is 13.0 Å². The zero-order chi connectivity index (χ0) is 19.4. The highest BCUT2D eigenvalue weighted by Crippen LogP contribution is 2.42. The zero-order valence-electron chi connectivity index (χ0n) is 15.2. The Morgan fingerprint density at radius 2 is 2.22 bits per heavy atom. The fraction of sp³-hybridized carbons (Fsp3) is 0.316. The Labute approximate surface area is 161 Å². The summed E-state index contributed by atoms with van der Waals surface area (Å²) in [6.45, 7) is 5.96. The van der Waals surface area contributed by atoms with E-state index in [0.717, 1.165) is 5.56 Å². The molecule has 0 fully saturated rings. The highest BCUT2D eigenvalue weighted by atomic mass is 32.2. The summed E-state index contributed by atoms with van der Waals surface area (Å²) < 4.78 is 11.2. The van der Waals surface area contributed by atoms with Gasteiger partial charge in [-0.2, -0.15) is 0 Å². The lowest BCUT2D eigenvalue weighted by molar-refractivity contribution is -0.116. The molecular weight excluding hydrogens is 366 g/mol. The van der Waals surface area contributed by atoms with Gasteiger partial charge in [0.25, 0.3) is 5.56 Å². The highest BCUT2D eigenvalue weighted by Gasteiger charge is 2.33. The normalized spacial score (nSPS) is 15.6. The topological polar surface area (TPSA) is 93.3 Å². The molecule has 8 heteroatoms. The molecule has 0 radical (unpaired) electrons. The summed E-state index contributed by atoms with van der Waals surface area (Å²) in [5, 5.41) is 3.16. The predicted octanol–water partition coefficient (Wildman–Crippen LogP) is 2.93. The van der Waals surface area contributed by atoms with Gasteiger partial charge in [-0.15, -0.1) is 6.58 Å². The predicted molar refractivity (Wildman–Crippen MR) is 105 cm³/mol. The van der Waals surface area contributed by atoms with Gasteiger partial charge in [-0.1, -0.05) is 30.0 Å². The Morgan fingerprint density at radius 1 is 1.41 bits per heavy atom. The molecular formula is C19H21N3O4S. The molecule has 1 amide bonds. The molecule has 0 saturated heterocycles. The number of nitrogens with one attached hydrogen (secondary N) is 2. The smallest absolute Gasteiger partial charge is 0.257 e. The van der Waals surface area contributed by atoms with Crippen molar-refractivity contribution in [1.29, 1.82) is 0 Å². The first kappa shape index (κ1) is 19.0. The Balaban J connectivity index is 2.14. The average molecular weight is 387 g/mol. The number of H-pyrrole nitrogens is 1. The summed E-state index contributed by atoms with van der Waals surface area (Å²) in [5.41, 5.74) is 0.875. The first-order valence-corrected chi connectivity index (χ1v) is 9.55. The first-order chi connectivity index (χ1) is 13.1. The summed E-state index contributed by atoms with van der Waals surface area (Å²) in [5.74, 6) is 1.32. The molecule has 0 aliphatic carbocycles. The SMILES string of the molecule is C=CCSc1nc2c(c(=O)[nH]1)[C@@H](c1cccc(OC)c1OCC)CC(=O)N2. The molecule has 142 valence electrons. The van der Waals surface area contributed by atoms with Crippen LogP contribution in [0.3, 0.4) is 0 Å². The number of hydrogen-bond acceptors (Lipinski definition) is 6. The second kappa shape index (κ2) is 8.30. The maximum Gasteiger partial charge on any atom is 0.257 e. The minimum Gasteiger partial charge on any atom is -0.493 e. The van der Waals surface area contributed by atoms with Crippen molar-refractivity contribution in [3.63, 3.8) is 0 Å².